The first kappa shape index (κ1) is 16.7. The number of fused-ring (bicyclic) bond motifs is 1. The molecule has 0 radical (unpaired) electrons. The Bertz CT molecular complexity index is 912. The molecule has 1 unspecified atom stereocenters. The van der Waals surface area contributed by atoms with Crippen molar-refractivity contribution in [2.45, 2.75) is 24.7 Å². The van der Waals surface area contributed by atoms with E-state index in [2.05, 4.69) is 4.98 Å². The first-order valence-electron chi connectivity index (χ1n) is 7.66. The van der Waals surface area contributed by atoms with Gasteiger partial charge in [-0.2, -0.15) is 0 Å². The van der Waals surface area contributed by atoms with Gasteiger partial charge in [-0.15, -0.1) is 0 Å². The van der Waals surface area contributed by atoms with Crippen molar-refractivity contribution >= 4 is 22.7 Å². The molecule has 0 amide bonds. The fourth-order valence-electron chi connectivity index (χ4n) is 2.49. The van der Waals surface area contributed by atoms with Crippen LogP contribution in [0.2, 0.25) is 0 Å². The highest BCUT2D eigenvalue weighted by atomic mass is 32.2. The molecular weight excluding hydrogens is 327 g/mol. The summed E-state index contributed by atoms with van der Waals surface area (Å²) in [6.07, 6.45) is -0.651. The van der Waals surface area contributed by atoms with Gasteiger partial charge in [0.1, 0.15) is 5.82 Å². The van der Waals surface area contributed by atoms with Crippen molar-refractivity contribution in [3.63, 3.8) is 0 Å². The van der Waals surface area contributed by atoms with Crippen LogP contribution in [0.15, 0.2) is 58.5 Å². The number of halogens is 1. The summed E-state index contributed by atoms with van der Waals surface area (Å²) in [5, 5.41) is 11.1. The standard InChI is InChI=1S/C18H17FN2O2S/c1-2-21-17(23)14-10-13(19)8-9-15(14)20-18(21)24-11-16(22)12-6-4-3-5-7-12/h3-10,16,22H,2,11H2,1H3. The Hall–Kier alpha value is -2.18. The lowest BCUT2D eigenvalue weighted by molar-refractivity contribution is 0.204. The quantitative estimate of drug-likeness (QED) is 0.569. The number of rotatable bonds is 5. The van der Waals surface area contributed by atoms with Gasteiger partial charge in [-0.05, 0) is 30.7 Å². The molecule has 0 fully saturated rings. The highest BCUT2D eigenvalue weighted by molar-refractivity contribution is 7.99. The third-order valence-corrected chi connectivity index (χ3v) is 4.80. The van der Waals surface area contributed by atoms with E-state index in [1.165, 1.54) is 34.5 Å². The molecule has 0 saturated heterocycles. The summed E-state index contributed by atoms with van der Waals surface area (Å²) in [5.41, 5.74) is 1.01. The molecular formula is C18H17FN2O2S. The lowest BCUT2D eigenvalue weighted by Crippen LogP contribution is -2.23. The minimum atomic E-state index is -0.651. The lowest BCUT2D eigenvalue weighted by atomic mass is 10.1. The molecule has 1 N–H and O–H groups in total. The molecule has 1 heterocycles. The molecule has 0 aliphatic carbocycles. The Morgan fingerprint density at radius 1 is 1.25 bits per heavy atom. The molecule has 0 spiro atoms. The van der Waals surface area contributed by atoms with Crippen LogP contribution in [-0.4, -0.2) is 20.4 Å². The average Bonchev–Trinajstić information content (AvgIpc) is 2.61. The average molecular weight is 344 g/mol. The number of hydrogen-bond donors (Lipinski definition) is 1. The first-order chi connectivity index (χ1) is 11.6. The zero-order chi connectivity index (χ0) is 17.1. The first-order valence-corrected chi connectivity index (χ1v) is 8.64. The molecule has 0 bridgehead atoms. The number of nitrogens with zero attached hydrogens (tertiary/aromatic N) is 2. The number of aliphatic hydroxyl groups excluding tert-OH is 1. The zero-order valence-electron chi connectivity index (χ0n) is 13.1. The fourth-order valence-corrected chi connectivity index (χ4v) is 3.52. The maximum absolute atomic E-state index is 13.4. The third kappa shape index (κ3) is 3.34. The third-order valence-electron chi connectivity index (χ3n) is 3.75. The second-order valence-electron chi connectivity index (χ2n) is 5.34. The molecule has 3 aromatic rings. The van der Waals surface area contributed by atoms with E-state index in [0.717, 1.165) is 5.56 Å². The van der Waals surface area contributed by atoms with Gasteiger partial charge in [0.05, 0.1) is 17.0 Å². The SMILES string of the molecule is CCn1c(SCC(O)c2ccccc2)nc2ccc(F)cc2c1=O. The number of aliphatic hydroxyl groups is 1. The van der Waals surface area contributed by atoms with Crippen LogP contribution >= 0.6 is 11.8 Å². The van der Waals surface area contributed by atoms with Gasteiger partial charge in [0.2, 0.25) is 0 Å². The minimum Gasteiger partial charge on any atom is -0.388 e. The minimum absolute atomic E-state index is 0.265. The summed E-state index contributed by atoms with van der Waals surface area (Å²) in [6.45, 7) is 2.27. The lowest BCUT2D eigenvalue weighted by Gasteiger charge is -2.14. The summed E-state index contributed by atoms with van der Waals surface area (Å²) >= 11 is 1.32. The van der Waals surface area contributed by atoms with Crippen LogP contribution in [0.1, 0.15) is 18.6 Å². The van der Waals surface area contributed by atoms with E-state index >= 15 is 0 Å². The molecule has 24 heavy (non-hydrogen) atoms. The summed E-state index contributed by atoms with van der Waals surface area (Å²) in [4.78, 5) is 17.0. The van der Waals surface area contributed by atoms with Gasteiger partial charge in [0.25, 0.3) is 5.56 Å². The maximum Gasteiger partial charge on any atom is 0.262 e. The van der Waals surface area contributed by atoms with Gasteiger partial charge in [-0.3, -0.25) is 9.36 Å². The fraction of sp³-hybridized carbons (Fsp3) is 0.222. The molecule has 6 heteroatoms. The summed E-state index contributed by atoms with van der Waals surface area (Å²) < 4.78 is 14.9. The predicted octanol–water partition coefficient (Wildman–Crippen LogP) is 3.38. The monoisotopic (exact) mass is 344 g/mol. The van der Waals surface area contributed by atoms with Crippen LogP contribution in [0.25, 0.3) is 10.9 Å². The number of hydrogen-bond acceptors (Lipinski definition) is 4. The van der Waals surface area contributed by atoms with E-state index in [4.69, 9.17) is 0 Å². The topological polar surface area (TPSA) is 55.1 Å². The molecule has 1 atom stereocenters. The van der Waals surface area contributed by atoms with Gasteiger partial charge in [0.15, 0.2) is 5.16 Å². The Morgan fingerprint density at radius 2 is 2.00 bits per heavy atom. The highest BCUT2D eigenvalue weighted by Gasteiger charge is 2.14. The van der Waals surface area contributed by atoms with Crippen LogP contribution in [-0.2, 0) is 6.54 Å². The van der Waals surface area contributed by atoms with Crippen molar-refractivity contribution in [3.05, 3.63) is 70.3 Å². The smallest absolute Gasteiger partial charge is 0.262 e. The maximum atomic E-state index is 13.4. The normalized spacial score (nSPS) is 12.5. The second kappa shape index (κ2) is 7.15. The highest BCUT2D eigenvalue weighted by Crippen LogP contribution is 2.24. The van der Waals surface area contributed by atoms with Crippen molar-refractivity contribution in [1.82, 2.24) is 9.55 Å². The van der Waals surface area contributed by atoms with Crippen LogP contribution in [0.3, 0.4) is 0 Å². The molecule has 0 saturated carbocycles. The van der Waals surface area contributed by atoms with Gasteiger partial charge in [-0.25, -0.2) is 9.37 Å². The van der Waals surface area contributed by atoms with Gasteiger partial charge >= 0.3 is 0 Å². The van der Waals surface area contributed by atoms with E-state index in [9.17, 15) is 14.3 Å². The molecule has 4 nitrogen and oxygen atoms in total. The van der Waals surface area contributed by atoms with Gasteiger partial charge in [0, 0.05) is 12.3 Å². The summed E-state index contributed by atoms with van der Waals surface area (Å²) in [7, 11) is 0. The van der Waals surface area contributed by atoms with Crippen LogP contribution in [0.4, 0.5) is 4.39 Å². The summed E-state index contributed by atoms with van der Waals surface area (Å²) in [6, 6.07) is 13.3. The molecule has 3 rings (SSSR count). The second-order valence-corrected chi connectivity index (χ2v) is 6.33. The number of aromatic nitrogens is 2. The van der Waals surface area contributed by atoms with E-state index in [0.29, 0.717) is 23.0 Å². The number of benzene rings is 2. The van der Waals surface area contributed by atoms with Crippen LogP contribution in [0, 0.1) is 5.82 Å². The zero-order valence-corrected chi connectivity index (χ0v) is 14.0. The van der Waals surface area contributed by atoms with Crippen molar-refractivity contribution in [2.75, 3.05) is 5.75 Å². The van der Waals surface area contributed by atoms with E-state index in [1.807, 2.05) is 37.3 Å². The Labute approximate surface area is 143 Å². The largest absolute Gasteiger partial charge is 0.388 e. The van der Waals surface area contributed by atoms with Crippen molar-refractivity contribution in [1.29, 1.82) is 0 Å². The Kier molecular flexibility index (Phi) is 4.97. The molecule has 124 valence electrons. The van der Waals surface area contributed by atoms with E-state index in [-0.39, 0.29) is 10.9 Å². The van der Waals surface area contributed by atoms with Gasteiger partial charge in [-0.1, -0.05) is 42.1 Å². The molecule has 1 aromatic heterocycles. The van der Waals surface area contributed by atoms with Crippen molar-refractivity contribution < 1.29 is 9.50 Å². The number of thioether (sulfide) groups is 1. The molecule has 2 aromatic carbocycles. The Morgan fingerprint density at radius 3 is 2.71 bits per heavy atom. The van der Waals surface area contributed by atoms with E-state index < -0.39 is 11.9 Å². The van der Waals surface area contributed by atoms with Gasteiger partial charge < -0.3 is 5.11 Å². The summed E-state index contributed by atoms with van der Waals surface area (Å²) in [5.74, 6) is -0.0765. The molecule has 0 aliphatic rings. The van der Waals surface area contributed by atoms with Crippen molar-refractivity contribution in [2.24, 2.45) is 0 Å². The van der Waals surface area contributed by atoms with Crippen molar-refractivity contribution in [3.8, 4) is 0 Å². The van der Waals surface area contributed by atoms with Crippen LogP contribution in [0.5, 0.6) is 0 Å². The van der Waals surface area contributed by atoms with E-state index in [1.54, 1.807) is 0 Å². The van der Waals surface area contributed by atoms with Crippen LogP contribution < -0.4 is 5.56 Å². The molecule has 0 aliphatic heterocycles. The Balaban J connectivity index is 1.91. The predicted molar refractivity (Wildman–Crippen MR) is 93.8 cm³/mol.